The van der Waals surface area contributed by atoms with Crippen molar-refractivity contribution in [2.75, 3.05) is 11.8 Å². The summed E-state index contributed by atoms with van der Waals surface area (Å²) in [4.78, 5) is 10.6. The first-order valence-electron chi connectivity index (χ1n) is 5.58. The largest absolute Gasteiger partial charge is 0.495 e. The molecule has 0 saturated heterocycles. The number of benzene rings is 1. The maximum Gasteiger partial charge on any atom is 0.335 e. The van der Waals surface area contributed by atoms with Crippen molar-refractivity contribution < 1.29 is 27.5 Å². The zero-order valence-electron chi connectivity index (χ0n) is 11.0. The lowest BCUT2D eigenvalue weighted by Gasteiger charge is -2.10. The number of sulfonamides is 1. The van der Waals surface area contributed by atoms with Crippen LogP contribution >= 0.6 is 0 Å². The van der Waals surface area contributed by atoms with Gasteiger partial charge in [-0.2, -0.15) is 0 Å². The summed E-state index contributed by atoms with van der Waals surface area (Å²) in [5, 5.41) is 15.9. The van der Waals surface area contributed by atoms with Crippen LogP contribution in [0.25, 0.3) is 0 Å². The fourth-order valence-electron chi connectivity index (χ4n) is 1.53. The van der Waals surface area contributed by atoms with Crippen molar-refractivity contribution in [1.29, 1.82) is 0 Å². The number of carboxylic acids is 1. The molecule has 9 nitrogen and oxygen atoms in total. The van der Waals surface area contributed by atoms with Crippen LogP contribution in [0.3, 0.4) is 0 Å². The van der Waals surface area contributed by atoms with E-state index >= 15 is 0 Å². The highest BCUT2D eigenvalue weighted by atomic mass is 32.2. The van der Waals surface area contributed by atoms with E-state index in [1.807, 2.05) is 0 Å². The summed E-state index contributed by atoms with van der Waals surface area (Å²) in [7, 11) is -2.82. The molecule has 2 N–H and O–H groups in total. The van der Waals surface area contributed by atoms with Gasteiger partial charge in [-0.25, -0.2) is 17.9 Å². The maximum atomic E-state index is 12.2. The van der Waals surface area contributed by atoms with E-state index in [0.29, 0.717) is 0 Å². The first kappa shape index (κ1) is 14.8. The third-order valence-corrected chi connectivity index (χ3v) is 3.81. The summed E-state index contributed by atoms with van der Waals surface area (Å²) >= 11 is 0. The van der Waals surface area contributed by atoms with Crippen molar-refractivity contribution in [2.45, 2.75) is 11.8 Å². The van der Waals surface area contributed by atoms with E-state index in [4.69, 9.17) is 14.3 Å². The molecule has 0 spiro atoms. The minimum absolute atomic E-state index is 0.0977. The quantitative estimate of drug-likeness (QED) is 0.831. The first-order valence-corrected chi connectivity index (χ1v) is 7.06. The van der Waals surface area contributed by atoms with E-state index in [0.717, 1.165) is 18.2 Å². The average Bonchev–Trinajstić information content (AvgIpc) is 2.82. The Morgan fingerprint density at radius 1 is 1.38 bits per heavy atom. The van der Waals surface area contributed by atoms with Gasteiger partial charge in [-0.1, -0.05) is 5.10 Å². The summed E-state index contributed by atoms with van der Waals surface area (Å²) < 4.78 is 36.3. The number of hydrogen-bond acceptors (Lipinski definition) is 7. The number of nitrogens with one attached hydrogen (secondary N) is 1. The number of anilines is 1. The number of carbonyl (C=O) groups is 1. The van der Waals surface area contributed by atoms with Crippen molar-refractivity contribution in [3.8, 4) is 5.75 Å². The average molecular weight is 313 g/mol. The Labute approximate surface area is 119 Å². The molecule has 0 amide bonds. The summed E-state index contributed by atoms with van der Waals surface area (Å²) in [5.41, 5.74) is -0.0977. The van der Waals surface area contributed by atoms with Crippen LogP contribution in [0, 0.1) is 6.92 Å². The van der Waals surface area contributed by atoms with Gasteiger partial charge >= 0.3 is 12.0 Å². The number of nitrogens with zero attached hydrogens (tertiary/aromatic N) is 2. The molecule has 1 heterocycles. The minimum Gasteiger partial charge on any atom is -0.495 e. The van der Waals surface area contributed by atoms with Gasteiger partial charge in [0.15, 0.2) is 0 Å². The molecule has 1 aromatic heterocycles. The Kier molecular flexibility index (Phi) is 3.80. The van der Waals surface area contributed by atoms with Gasteiger partial charge in [0.25, 0.3) is 10.0 Å². The number of carboxylic acid groups (broad SMARTS) is 1. The standard InChI is InChI=1S/C11H11N3O6S/c1-6-12-13-11(20-6)14-21(17,18)9-4-3-7(10(15)16)5-8(9)19-2/h3-5H,1-2H3,(H,13,14)(H,15,16). The van der Waals surface area contributed by atoms with Crippen LogP contribution in [0.1, 0.15) is 16.2 Å². The van der Waals surface area contributed by atoms with E-state index in [-0.39, 0.29) is 28.1 Å². The third kappa shape index (κ3) is 3.11. The summed E-state index contributed by atoms with van der Waals surface area (Å²) in [6.45, 7) is 1.51. The topological polar surface area (TPSA) is 132 Å². The van der Waals surface area contributed by atoms with Crippen LogP contribution in [0.15, 0.2) is 27.5 Å². The molecule has 0 bridgehead atoms. The molecule has 112 valence electrons. The number of ether oxygens (including phenoxy) is 1. The van der Waals surface area contributed by atoms with Gasteiger partial charge < -0.3 is 14.3 Å². The van der Waals surface area contributed by atoms with Gasteiger partial charge in [-0.05, 0) is 18.2 Å². The third-order valence-electron chi connectivity index (χ3n) is 2.45. The number of hydrogen-bond donors (Lipinski definition) is 2. The molecular formula is C11H11N3O6S. The van der Waals surface area contributed by atoms with Gasteiger partial charge in [0.05, 0.1) is 12.7 Å². The van der Waals surface area contributed by atoms with Gasteiger partial charge in [0, 0.05) is 6.92 Å². The molecule has 21 heavy (non-hydrogen) atoms. The van der Waals surface area contributed by atoms with Crippen LogP contribution in [-0.2, 0) is 10.0 Å². The van der Waals surface area contributed by atoms with Crippen molar-refractivity contribution in [3.05, 3.63) is 29.7 Å². The number of methoxy groups -OCH3 is 1. The zero-order valence-corrected chi connectivity index (χ0v) is 11.8. The first-order chi connectivity index (χ1) is 9.83. The zero-order chi connectivity index (χ0) is 15.6. The van der Waals surface area contributed by atoms with Gasteiger partial charge in [0.1, 0.15) is 10.6 Å². The number of aromatic carboxylic acids is 1. The van der Waals surface area contributed by atoms with Crippen molar-refractivity contribution in [1.82, 2.24) is 10.2 Å². The van der Waals surface area contributed by atoms with E-state index < -0.39 is 16.0 Å². The Hall–Kier alpha value is -2.62. The molecule has 0 saturated carbocycles. The summed E-state index contributed by atoms with van der Waals surface area (Å²) in [6.07, 6.45) is 0. The predicted molar refractivity (Wildman–Crippen MR) is 69.8 cm³/mol. The Morgan fingerprint density at radius 3 is 2.62 bits per heavy atom. The molecular weight excluding hydrogens is 302 g/mol. The fraction of sp³-hybridized carbons (Fsp3) is 0.182. The number of aryl methyl sites for hydroxylation is 1. The molecule has 0 fully saturated rings. The Morgan fingerprint density at radius 2 is 2.10 bits per heavy atom. The lowest BCUT2D eigenvalue weighted by atomic mass is 10.2. The van der Waals surface area contributed by atoms with Gasteiger partial charge in [-0.15, -0.1) is 5.10 Å². The lowest BCUT2D eigenvalue weighted by molar-refractivity contribution is 0.0696. The predicted octanol–water partition coefficient (Wildman–Crippen LogP) is 0.886. The monoisotopic (exact) mass is 313 g/mol. The van der Waals surface area contributed by atoms with Crippen LogP contribution in [0.4, 0.5) is 6.01 Å². The molecule has 2 aromatic rings. The second-order valence-corrected chi connectivity index (χ2v) is 5.55. The molecule has 0 atom stereocenters. The molecule has 0 aliphatic rings. The maximum absolute atomic E-state index is 12.2. The van der Waals surface area contributed by atoms with Crippen molar-refractivity contribution in [2.24, 2.45) is 0 Å². The highest BCUT2D eigenvalue weighted by molar-refractivity contribution is 7.92. The van der Waals surface area contributed by atoms with E-state index in [1.165, 1.54) is 14.0 Å². The molecule has 0 radical (unpaired) electrons. The molecule has 10 heteroatoms. The lowest BCUT2D eigenvalue weighted by Crippen LogP contribution is -2.15. The van der Waals surface area contributed by atoms with Crippen molar-refractivity contribution >= 4 is 22.0 Å². The number of aromatic nitrogens is 2. The Bertz CT molecular complexity index is 783. The second kappa shape index (κ2) is 5.40. The molecule has 2 rings (SSSR count). The molecule has 1 aromatic carbocycles. The second-order valence-electron chi connectivity index (χ2n) is 3.90. The van der Waals surface area contributed by atoms with Crippen LogP contribution < -0.4 is 9.46 Å². The number of rotatable bonds is 5. The van der Waals surface area contributed by atoms with Crippen LogP contribution in [0.2, 0.25) is 0 Å². The van der Waals surface area contributed by atoms with Crippen LogP contribution in [-0.4, -0.2) is 36.8 Å². The smallest absolute Gasteiger partial charge is 0.335 e. The molecule has 0 aliphatic heterocycles. The highest BCUT2D eigenvalue weighted by Gasteiger charge is 2.23. The Balaban J connectivity index is 2.42. The summed E-state index contributed by atoms with van der Waals surface area (Å²) in [6, 6.07) is 3.08. The van der Waals surface area contributed by atoms with E-state index in [1.54, 1.807) is 0 Å². The SMILES string of the molecule is COc1cc(C(=O)O)ccc1S(=O)(=O)Nc1nnc(C)o1. The molecule has 0 unspecified atom stereocenters. The van der Waals surface area contributed by atoms with Gasteiger partial charge in [-0.3, -0.25) is 0 Å². The fourth-order valence-corrected chi connectivity index (χ4v) is 2.61. The van der Waals surface area contributed by atoms with Crippen LogP contribution in [0.5, 0.6) is 5.75 Å². The minimum atomic E-state index is -4.05. The van der Waals surface area contributed by atoms with Crippen molar-refractivity contribution in [3.63, 3.8) is 0 Å². The highest BCUT2D eigenvalue weighted by Crippen LogP contribution is 2.26. The summed E-state index contributed by atoms with van der Waals surface area (Å²) in [5.74, 6) is -1.11. The van der Waals surface area contributed by atoms with E-state index in [2.05, 4.69) is 14.9 Å². The van der Waals surface area contributed by atoms with Gasteiger partial charge in [0.2, 0.25) is 5.89 Å². The molecule has 0 aliphatic carbocycles. The normalized spacial score (nSPS) is 11.1. The van der Waals surface area contributed by atoms with E-state index in [9.17, 15) is 13.2 Å².